The van der Waals surface area contributed by atoms with Crippen molar-refractivity contribution < 1.29 is 23.2 Å². The molecule has 1 aromatic heterocycles. The van der Waals surface area contributed by atoms with Crippen molar-refractivity contribution in [3.05, 3.63) is 77.1 Å². The maximum absolute atomic E-state index is 13.3. The topological polar surface area (TPSA) is 68.3 Å². The number of hydrogen-bond acceptors (Lipinski definition) is 4. The van der Waals surface area contributed by atoms with E-state index in [0.29, 0.717) is 43.9 Å². The van der Waals surface area contributed by atoms with Crippen LogP contribution in [0.5, 0.6) is 0 Å². The predicted molar refractivity (Wildman–Crippen MR) is 103 cm³/mol. The van der Waals surface area contributed by atoms with Gasteiger partial charge in [-0.2, -0.15) is 13.2 Å². The van der Waals surface area contributed by atoms with E-state index in [1.807, 2.05) is 30.3 Å². The molecule has 1 fully saturated rings. The van der Waals surface area contributed by atoms with Gasteiger partial charge in [-0.1, -0.05) is 42.5 Å². The van der Waals surface area contributed by atoms with E-state index in [-0.39, 0.29) is 6.10 Å². The largest absolute Gasteiger partial charge is 0.416 e. The van der Waals surface area contributed by atoms with Crippen LogP contribution < -0.4 is 4.90 Å². The lowest BCUT2D eigenvalue weighted by Crippen LogP contribution is -3.13. The van der Waals surface area contributed by atoms with Crippen molar-refractivity contribution in [3.63, 3.8) is 0 Å². The number of halogens is 3. The first-order chi connectivity index (χ1) is 14.4. The van der Waals surface area contributed by atoms with Gasteiger partial charge in [0.2, 0.25) is 5.82 Å². The van der Waals surface area contributed by atoms with E-state index >= 15 is 0 Å². The van der Waals surface area contributed by atoms with Crippen molar-refractivity contribution in [2.75, 3.05) is 13.1 Å². The summed E-state index contributed by atoms with van der Waals surface area (Å²) in [5.74, 6) is 0.518. The van der Waals surface area contributed by atoms with Gasteiger partial charge in [0.25, 0.3) is 0 Å². The highest BCUT2D eigenvalue weighted by atomic mass is 19.4. The first-order valence-electron chi connectivity index (χ1n) is 9.91. The lowest BCUT2D eigenvalue weighted by atomic mass is 9.98. The first kappa shape index (κ1) is 20.5. The molecule has 30 heavy (non-hydrogen) atoms. The highest BCUT2D eigenvalue weighted by Gasteiger charge is 2.37. The molecule has 1 aliphatic heterocycles. The Balaban J connectivity index is 1.73. The Labute approximate surface area is 171 Å². The molecule has 2 aromatic carbocycles. The van der Waals surface area contributed by atoms with Gasteiger partial charge < -0.3 is 10.0 Å². The van der Waals surface area contributed by atoms with E-state index < -0.39 is 17.8 Å². The van der Waals surface area contributed by atoms with Crippen LogP contribution >= 0.6 is 0 Å². The van der Waals surface area contributed by atoms with Crippen LogP contribution in [0.2, 0.25) is 0 Å². The molecule has 0 amide bonds. The lowest BCUT2D eigenvalue weighted by Gasteiger charge is -2.33. The Bertz CT molecular complexity index is 968. The normalized spacial score (nSPS) is 20.8. The van der Waals surface area contributed by atoms with Crippen molar-refractivity contribution in [1.82, 2.24) is 20.2 Å². The van der Waals surface area contributed by atoms with Gasteiger partial charge in [0, 0.05) is 18.4 Å². The number of nitrogens with zero attached hydrogens (tertiary/aromatic N) is 4. The summed E-state index contributed by atoms with van der Waals surface area (Å²) in [5.41, 5.74) is 0.821. The van der Waals surface area contributed by atoms with E-state index in [9.17, 15) is 18.3 Å². The molecule has 0 radical (unpaired) electrons. The van der Waals surface area contributed by atoms with E-state index in [4.69, 9.17) is 0 Å². The van der Waals surface area contributed by atoms with Gasteiger partial charge in [-0.05, 0) is 28.1 Å². The van der Waals surface area contributed by atoms with Gasteiger partial charge in [0.1, 0.15) is 0 Å². The van der Waals surface area contributed by atoms with Crippen LogP contribution in [0.3, 0.4) is 0 Å². The summed E-state index contributed by atoms with van der Waals surface area (Å²) in [5, 5.41) is 22.0. The third-order valence-electron chi connectivity index (χ3n) is 5.55. The second-order valence-electron chi connectivity index (χ2n) is 7.63. The fraction of sp³-hybridized carbons (Fsp3) is 0.381. The summed E-state index contributed by atoms with van der Waals surface area (Å²) in [6.07, 6.45) is -3.63. The smallest absolute Gasteiger partial charge is 0.393 e. The van der Waals surface area contributed by atoms with Crippen molar-refractivity contribution >= 4 is 0 Å². The zero-order valence-electron chi connectivity index (χ0n) is 16.3. The average molecular weight is 418 g/mol. The predicted octanol–water partition coefficient (Wildman–Crippen LogP) is 1.87. The minimum absolute atomic E-state index is 0.378. The minimum Gasteiger partial charge on any atom is -0.393 e. The Morgan fingerprint density at radius 1 is 1.07 bits per heavy atom. The molecule has 0 aliphatic carbocycles. The number of alkyl halides is 3. The zero-order valence-corrected chi connectivity index (χ0v) is 16.3. The monoisotopic (exact) mass is 418 g/mol. The van der Waals surface area contributed by atoms with Gasteiger partial charge in [-0.15, -0.1) is 5.10 Å². The molecule has 6 nitrogen and oxygen atoms in total. The van der Waals surface area contributed by atoms with Gasteiger partial charge in [-0.25, -0.2) is 4.68 Å². The highest BCUT2D eigenvalue weighted by Crippen LogP contribution is 2.31. The second kappa shape index (κ2) is 8.53. The van der Waals surface area contributed by atoms with Crippen LogP contribution in [0.25, 0.3) is 0 Å². The quantitative estimate of drug-likeness (QED) is 0.664. The molecule has 0 saturated carbocycles. The van der Waals surface area contributed by atoms with Crippen molar-refractivity contribution in [2.45, 2.75) is 37.7 Å². The third kappa shape index (κ3) is 4.52. The van der Waals surface area contributed by atoms with Crippen LogP contribution in [0.4, 0.5) is 13.2 Å². The second-order valence-corrected chi connectivity index (χ2v) is 7.63. The van der Waals surface area contributed by atoms with Gasteiger partial charge in [0.05, 0.1) is 31.3 Å². The lowest BCUT2D eigenvalue weighted by molar-refractivity contribution is -0.932. The summed E-state index contributed by atoms with van der Waals surface area (Å²) >= 11 is 0. The molecule has 2 N–H and O–H groups in total. The molecule has 0 unspecified atom stereocenters. The molecular weight excluding hydrogens is 395 g/mol. The molecule has 0 spiro atoms. The Morgan fingerprint density at radius 2 is 1.80 bits per heavy atom. The van der Waals surface area contributed by atoms with Gasteiger partial charge >= 0.3 is 6.18 Å². The Hall–Kier alpha value is -2.78. The third-order valence-corrected chi connectivity index (χ3v) is 5.55. The molecule has 3 aromatic rings. The zero-order chi connectivity index (χ0) is 21.1. The number of piperidine rings is 1. The average Bonchev–Trinajstić information content (AvgIpc) is 3.18. The van der Waals surface area contributed by atoms with E-state index in [2.05, 4.69) is 15.5 Å². The Morgan fingerprint density at radius 3 is 2.50 bits per heavy atom. The molecule has 2 heterocycles. The molecule has 1 atom stereocenters. The number of aliphatic hydroxyl groups excluding tert-OH is 1. The van der Waals surface area contributed by atoms with Crippen molar-refractivity contribution in [1.29, 1.82) is 0 Å². The molecule has 158 valence electrons. The Kier molecular flexibility index (Phi) is 5.83. The summed E-state index contributed by atoms with van der Waals surface area (Å²) in [6.45, 7) is 1.68. The molecular formula is C21H23F3N5O+. The van der Waals surface area contributed by atoms with E-state index in [1.165, 1.54) is 12.1 Å². The van der Waals surface area contributed by atoms with Crippen LogP contribution in [-0.4, -0.2) is 44.5 Å². The number of hydrogen-bond donors (Lipinski definition) is 2. The standard InChI is InChI=1S/C21H22F3N5O/c22-21(23,24)17-8-4-7-16(13-17)19(28-11-9-18(30)10-12-28)20-25-26-27-29(20)14-15-5-2-1-3-6-15/h1-8,13,18-19,30H,9-12,14H2/p+1/t19-/m1/s1. The number of aliphatic hydroxyl groups is 1. The fourth-order valence-electron chi connectivity index (χ4n) is 4.01. The van der Waals surface area contributed by atoms with Crippen LogP contribution in [0, 0.1) is 0 Å². The highest BCUT2D eigenvalue weighted by molar-refractivity contribution is 5.30. The van der Waals surface area contributed by atoms with Crippen LogP contribution in [0.15, 0.2) is 54.6 Å². The number of likely N-dealkylation sites (tertiary alicyclic amines) is 1. The number of nitrogens with one attached hydrogen (secondary N) is 1. The number of benzene rings is 2. The van der Waals surface area contributed by atoms with Gasteiger partial charge in [0.15, 0.2) is 6.04 Å². The molecule has 9 heteroatoms. The maximum atomic E-state index is 13.3. The maximum Gasteiger partial charge on any atom is 0.416 e. The minimum atomic E-state index is -4.43. The van der Waals surface area contributed by atoms with E-state index in [0.717, 1.165) is 16.5 Å². The number of aromatic nitrogens is 4. The molecule has 1 saturated heterocycles. The summed E-state index contributed by atoms with van der Waals surface area (Å²) in [6, 6.07) is 14.6. The van der Waals surface area contributed by atoms with Crippen LogP contribution in [-0.2, 0) is 12.7 Å². The molecule has 4 rings (SSSR count). The van der Waals surface area contributed by atoms with Crippen molar-refractivity contribution in [3.8, 4) is 0 Å². The SMILES string of the molecule is OC1CC[NH+]([C@H](c2cccc(C(F)(F)F)c2)c2nnnn2Cc2ccccc2)CC1. The van der Waals surface area contributed by atoms with E-state index in [1.54, 1.807) is 10.7 Å². The van der Waals surface area contributed by atoms with Crippen LogP contribution in [0.1, 0.15) is 41.4 Å². The number of quaternary nitrogens is 1. The van der Waals surface area contributed by atoms with Crippen molar-refractivity contribution in [2.24, 2.45) is 0 Å². The molecule has 1 aliphatic rings. The number of tetrazole rings is 1. The molecule has 0 bridgehead atoms. The first-order valence-corrected chi connectivity index (χ1v) is 9.91. The fourth-order valence-corrected chi connectivity index (χ4v) is 4.01. The van der Waals surface area contributed by atoms with Gasteiger partial charge in [-0.3, -0.25) is 0 Å². The summed E-state index contributed by atoms with van der Waals surface area (Å²) in [4.78, 5) is 1.05. The summed E-state index contributed by atoms with van der Waals surface area (Å²) < 4.78 is 41.7. The number of rotatable bonds is 5. The summed E-state index contributed by atoms with van der Waals surface area (Å²) in [7, 11) is 0.